The number of para-hydroxylation sites is 1. The zero-order chi connectivity index (χ0) is 9.80. The van der Waals surface area contributed by atoms with Crippen molar-refractivity contribution >= 4 is 11.6 Å². The summed E-state index contributed by atoms with van der Waals surface area (Å²) in [6.07, 6.45) is 0.104. The van der Waals surface area contributed by atoms with E-state index in [2.05, 4.69) is 10.2 Å². The van der Waals surface area contributed by atoms with Crippen LogP contribution in [0.1, 0.15) is 5.89 Å². The first kappa shape index (κ1) is 9.02. The molecular formula is C9H7ClN2O2. The molecule has 0 radical (unpaired) electrons. The Morgan fingerprint density at radius 1 is 1.21 bits per heavy atom. The van der Waals surface area contributed by atoms with Crippen LogP contribution in [0.5, 0.6) is 11.8 Å². The normalized spacial score (nSPS) is 10.1. The topological polar surface area (TPSA) is 48.2 Å². The highest BCUT2D eigenvalue weighted by atomic mass is 35.5. The van der Waals surface area contributed by atoms with Crippen molar-refractivity contribution in [1.29, 1.82) is 0 Å². The second kappa shape index (κ2) is 4.11. The number of alkyl halides is 1. The van der Waals surface area contributed by atoms with Crippen LogP contribution >= 0.6 is 11.6 Å². The first-order valence-corrected chi connectivity index (χ1v) is 4.53. The number of halogens is 1. The molecule has 0 amide bonds. The lowest BCUT2D eigenvalue weighted by atomic mass is 10.3. The molecule has 2 aromatic rings. The molecule has 1 aromatic heterocycles. The molecule has 5 heteroatoms. The van der Waals surface area contributed by atoms with Gasteiger partial charge in [-0.3, -0.25) is 0 Å². The standard InChI is InChI=1S/C9H7ClN2O2/c10-6-8-11-12-9(14-8)13-7-4-2-1-3-5-7/h1-5H,6H2. The van der Waals surface area contributed by atoms with E-state index in [9.17, 15) is 0 Å². The van der Waals surface area contributed by atoms with E-state index in [0.29, 0.717) is 11.6 Å². The third-order valence-corrected chi connectivity index (χ3v) is 1.74. The molecule has 0 saturated carbocycles. The molecule has 0 atom stereocenters. The predicted molar refractivity (Wildman–Crippen MR) is 50.4 cm³/mol. The summed E-state index contributed by atoms with van der Waals surface area (Å²) in [6.45, 7) is 0. The van der Waals surface area contributed by atoms with E-state index < -0.39 is 0 Å². The number of hydrogen-bond donors (Lipinski definition) is 0. The summed E-state index contributed by atoms with van der Waals surface area (Å²) in [5.74, 6) is 1.18. The van der Waals surface area contributed by atoms with Gasteiger partial charge < -0.3 is 9.15 Å². The van der Waals surface area contributed by atoms with E-state index in [0.717, 1.165) is 0 Å². The molecule has 2 rings (SSSR count). The van der Waals surface area contributed by atoms with Crippen molar-refractivity contribution in [3.8, 4) is 11.8 Å². The zero-order valence-electron chi connectivity index (χ0n) is 7.18. The summed E-state index contributed by atoms with van der Waals surface area (Å²) < 4.78 is 10.3. The quantitative estimate of drug-likeness (QED) is 0.731. The minimum absolute atomic E-state index is 0.104. The molecule has 0 fully saturated rings. The third kappa shape index (κ3) is 2.03. The van der Waals surface area contributed by atoms with Gasteiger partial charge in [-0.05, 0) is 12.1 Å². The molecule has 4 nitrogen and oxygen atoms in total. The smallest absolute Gasteiger partial charge is 0.410 e. The molecule has 0 unspecified atom stereocenters. The second-order valence-electron chi connectivity index (χ2n) is 2.51. The van der Waals surface area contributed by atoms with Gasteiger partial charge in [-0.15, -0.1) is 16.7 Å². The Labute approximate surface area is 85.5 Å². The minimum atomic E-state index is 0.104. The van der Waals surface area contributed by atoms with Crippen molar-refractivity contribution in [1.82, 2.24) is 10.2 Å². The van der Waals surface area contributed by atoms with Gasteiger partial charge in [-0.1, -0.05) is 23.3 Å². The number of hydrogen-bond acceptors (Lipinski definition) is 4. The predicted octanol–water partition coefficient (Wildman–Crippen LogP) is 2.60. The molecule has 0 spiro atoms. The molecule has 0 N–H and O–H groups in total. The van der Waals surface area contributed by atoms with Gasteiger partial charge in [0, 0.05) is 0 Å². The summed E-state index contributed by atoms with van der Waals surface area (Å²) >= 11 is 5.49. The Morgan fingerprint density at radius 3 is 2.64 bits per heavy atom. The fourth-order valence-electron chi connectivity index (χ4n) is 0.923. The second-order valence-corrected chi connectivity index (χ2v) is 2.78. The average Bonchev–Trinajstić information content (AvgIpc) is 2.67. The Kier molecular flexibility index (Phi) is 2.65. The molecular weight excluding hydrogens is 204 g/mol. The molecule has 0 aliphatic rings. The van der Waals surface area contributed by atoms with Gasteiger partial charge in [0.25, 0.3) is 0 Å². The van der Waals surface area contributed by atoms with Crippen LogP contribution < -0.4 is 4.74 Å². The fourth-order valence-corrected chi connectivity index (χ4v) is 1.03. The lowest BCUT2D eigenvalue weighted by molar-refractivity contribution is 0.322. The molecule has 0 bridgehead atoms. The molecule has 1 aromatic carbocycles. The van der Waals surface area contributed by atoms with Gasteiger partial charge in [0.05, 0.1) is 0 Å². The highest BCUT2D eigenvalue weighted by Gasteiger charge is 2.06. The van der Waals surface area contributed by atoms with E-state index in [1.54, 1.807) is 12.1 Å². The maximum absolute atomic E-state index is 5.49. The minimum Gasteiger partial charge on any atom is -0.410 e. The molecule has 0 aliphatic heterocycles. The Bertz CT molecular complexity index is 402. The monoisotopic (exact) mass is 210 g/mol. The fraction of sp³-hybridized carbons (Fsp3) is 0.111. The highest BCUT2D eigenvalue weighted by molar-refractivity contribution is 6.16. The number of ether oxygens (including phenoxy) is 1. The van der Waals surface area contributed by atoms with E-state index in [4.69, 9.17) is 20.8 Å². The van der Waals surface area contributed by atoms with Crippen LogP contribution in [0.15, 0.2) is 34.7 Å². The molecule has 1 heterocycles. The largest absolute Gasteiger partial charge is 0.420 e. The van der Waals surface area contributed by atoms with Crippen LogP contribution in [0.3, 0.4) is 0 Å². The number of aromatic nitrogens is 2. The maximum Gasteiger partial charge on any atom is 0.420 e. The Morgan fingerprint density at radius 2 is 2.00 bits per heavy atom. The van der Waals surface area contributed by atoms with Crippen molar-refractivity contribution in [2.75, 3.05) is 0 Å². The van der Waals surface area contributed by atoms with Gasteiger partial charge in [-0.25, -0.2) is 0 Å². The summed E-state index contributed by atoms with van der Waals surface area (Å²) in [5, 5.41) is 7.32. The van der Waals surface area contributed by atoms with Gasteiger partial charge in [0.15, 0.2) is 0 Å². The van der Waals surface area contributed by atoms with Gasteiger partial charge in [-0.2, -0.15) is 0 Å². The third-order valence-electron chi connectivity index (χ3n) is 1.51. The maximum atomic E-state index is 5.49. The van der Waals surface area contributed by atoms with Crippen LogP contribution in [0.4, 0.5) is 0 Å². The zero-order valence-corrected chi connectivity index (χ0v) is 7.94. The summed E-state index contributed by atoms with van der Waals surface area (Å²) in [7, 11) is 0. The van der Waals surface area contributed by atoms with E-state index in [1.165, 1.54) is 0 Å². The molecule has 14 heavy (non-hydrogen) atoms. The number of rotatable bonds is 3. The summed E-state index contributed by atoms with van der Waals surface area (Å²) in [6, 6.07) is 9.20. The summed E-state index contributed by atoms with van der Waals surface area (Å²) in [4.78, 5) is 0. The lowest BCUT2D eigenvalue weighted by Gasteiger charge is -1.97. The lowest BCUT2D eigenvalue weighted by Crippen LogP contribution is -1.82. The van der Waals surface area contributed by atoms with Gasteiger partial charge in [0.1, 0.15) is 11.6 Å². The number of benzene rings is 1. The van der Waals surface area contributed by atoms with E-state index >= 15 is 0 Å². The van der Waals surface area contributed by atoms with Crippen molar-refractivity contribution in [2.24, 2.45) is 0 Å². The van der Waals surface area contributed by atoms with Crippen LogP contribution in [-0.2, 0) is 5.88 Å². The van der Waals surface area contributed by atoms with Crippen LogP contribution in [0.2, 0.25) is 0 Å². The first-order valence-electron chi connectivity index (χ1n) is 4.00. The van der Waals surface area contributed by atoms with Crippen molar-refractivity contribution in [3.05, 3.63) is 36.2 Å². The van der Waals surface area contributed by atoms with Crippen LogP contribution in [-0.4, -0.2) is 10.2 Å². The molecule has 72 valence electrons. The van der Waals surface area contributed by atoms with E-state index in [1.807, 2.05) is 18.2 Å². The van der Waals surface area contributed by atoms with Crippen LogP contribution in [0.25, 0.3) is 0 Å². The summed E-state index contributed by atoms with van der Waals surface area (Å²) in [5.41, 5.74) is 0. The Hall–Kier alpha value is -1.55. The SMILES string of the molecule is ClCc1nnc(Oc2ccccc2)o1. The van der Waals surface area contributed by atoms with E-state index in [-0.39, 0.29) is 12.0 Å². The van der Waals surface area contributed by atoms with Crippen molar-refractivity contribution < 1.29 is 9.15 Å². The van der Waals surface area contributed by atoms with Gasteiger partial charge >= 0.3 is 6.08 Å². The highest BCUT2D eigenvalue weighted by Crippen LogP contribution is 2.19. The first-order chi connectivity index (χ1) is 6.88. The number of nitrogens with zero attached hydrogens (tertiary/aromatic N) is 2. The van der Waals surface area contributed by atoms with Crippen molar-refractivity contribution in [2.45, 2.75) is 5.88 Å². The Balaban J connectivity index is 2.11. The molecule has 0 saturated heterocycles. The van der Waals surface area contributed by atoms with Crippen LogP contribution in [0, 0.1) is 0 Å². The molecule has 0 aliphatic carbocycles. The van der Waals surface area contributed by atoms with Crippen molar-refractivity contribution in [3.63, 3.8) is 0 Å². The average molecular weight is 211 g/mol. The van der Waals surface area contributed by atoms with Gasteiger partial charge in [0.2, 0.25) is 5.89 Å².